The van der Waals surface area contributed by atoms with E-state index in [4.69, 9.17) is 0 Å². The van der Waals surface area contributed by atoms with Crippen LogP contribution < -0.4 is 10.2 Å². The largest absolute Gasteiger partial charge is 0.376 e. The van der Waals surface area contributed by atoms with Crippen molar-refractivity contribution < 1.29 is 18.0 Å². The Labute approximate surface area is 152 Å². The second-order valence-electron chi connectivity index (χ2n) is 6.71. The summed E-state index contributed by atoms with van der Waals surface area (Å²) in [6.07, 6.45) is 0.749. The third kappa shape index (κ3) is 3.87. The van der Waals surface area contributed by atoms with Gasteiger partial charge in [0.25, 0.3) is 5.91 Å². The maximum Gasteiger partial charge on any atom is 0.271 e. The highest BCUT2D eigenvalue weighted by molar-refractivity contribution is 7.91. The molecule has 26 heavy (non-hydrogen) atoms. The van der Waals surface area contributed by atoms with Gasteiger partial charge in [-0.1, -0.05) is 12.1 Å². The van der Waals surface area contributed by atoms with E-state index in [0.29, 0.717) is 12.1 Å². The van der Waals surface area contributed by atoms with Crippen LogP contribution in [0.3, 0.4) is 0 Å². The van der Waals surface area contributed by atoms with Crippen molar-refractivity contribution >= 4 is 38.7 Å². The van der Waals surface area contributed by atoms with Crippen LogP contribution in [0.4, 0.5) is 11.4 Å². The molecule has 0 aromatic heterocycles. The van der Waals surface area contributed by atoms with Crippen molar-refractivity contribution in [2.24, 2.45) is 5.10 Å². The Balaban J connectivity index is 1.79. The lowest BCUT2D eigenvalue weighted by atomic mass is 10.1. The molecule has 1 aromatic carbocycles. The van der Waals surface area contributed by atoms with Crippen LogP contribution in [-0.4, -0.2) is 62.6 Å². The fourth-order valence-electron chi connectivity index (χ4n) is 3.15. The fraction of sp³-hybridized carbons (Fsp3) is 0.471. The highest BCUT2D eigenvalue weighted by atomic mass is 32.2. The summed E-state index contributed by atoms with van der Waals surface area (Å²) >= 11 is 0. The minimum absolute atomic E-state index is 0.0503. The van der Waals surface area contributed by atoms with Crippen molar-refractivity contribution in [2.45, 2.75) is 25.3 Å². The van der Waals surface area contributed by atoms with Crippen molar-refractivity contribution in [3.05, 3.63) is 24.3 Å². The Morgan fingerprint density at radius 1 is 1.27 bits per heavy atom. The molecule has 0 bridgehead atoms. The lowest BCUT2D eigenvalue weighted by molar-refractivity contribution is -0.133. The molecule has 1 aromatic rings. The highest BCUT2D eigenvalue weighted by Gasteiger charge is 2.37. The molecular weight excluding hydrogens is 356 g/mol. The molecule has 0 aliphatic carbocycles. The number of anilines is 2. The molecule has 2 heterocycles. The van der Waals surface area contributed by atoms with Crippen molar-refractivity contribution in [3.8, 4) is 0 Å². The summed E-state index contributed by atoms with van der Waals surface area (Å²) in [5.41, 5.74) is 1.74. The van der Waals surface area contributed by atoms with E-state index in [2.05, 4.69) is 10.4 Å². The third-order valence-electron chi connectivity index (χ3n) is 4.51. The molecule has 140 valence electrons. The van der Waals surface area contributed by atoms with Crippen LogP contribution in [0.5, 0.6) is 0 Å². The Hall–Kier alpha value is -2.42. The topological polar surface area (TPSA) is 99.2 Å². The van der Waals surface area contributed by atoms with Crippen molar-refractivity contribution in [1.29, 1.82) is 0 Å². The van der Waals surface area contributed by atoms with Gasteiger partial charge >= 0.3 is 0 Å². The number of amides is 2. The number of carbonyl (C=O) groups is 2. The van der Waals surface area contributed by atoms with E-state index in [0.717, 1.165) is 5.69 Å². The quantitative estimate of drug-likeness (QED) is 0.838. The van der Waals surface area contributed by atoms with Crippen molar-refractivity contribution in [3.63, 3.8) is 0 Å². The smallest absolute Gasteiger partial charge is 0.271 e. The van der Waals surface area contributed by atoms with Gasteiger partial charge < -0.3 is 10.2 Å². The van der Waals surface area contributed by atoms with Crippen LogP contribution in [-0.2, 0) is 19.4 Å². The number of rotatable bonds is 4. The summed E-state index contributed by atoms with van der Waals surface area (Å²) < 4.78 is 23.4. The van der Waals surface area contributed by atoms with Crippen LogP contribution >= 0.6 is 0 Å². The van der Waals surface area contributed by atoms with Crippen LogP contribution in [0.15, 0.2) is 29.4 Å². The molecule has 0 radical (unpaired) electrons. The Bertz CT molecular complexity index is 863. The SMILES string of the molecule is CN(C)c1ccccc1NC(=O)C1=NN(C2CCS(=O)(=O)C2)C(=O)CC1. The zero-order chi connectivity index (χ0) is 18.9. The van der Waals surface area contributed by atoms with Gasteiger partial charge in [0.1, 0.15) is 5.71 Å². The van der Waals surface area contributed by atoms with Gasteiger partial charge in [0.15, 0.2) is 9.84 Å². The average Bonchev–Trinajstić information content (AvgIpc) is 2.95. The van der Waals surface area contributed by atoms with E-state index in [1.807, 2.05) is 37.2 Å². The molecule has 2 aliphatic rings. The number of carbonyl (C=O) groups excluding carboxylic acids is 2. The van der Waals surface area contributed by atoms with E-state index in [9.17, 15) is 18.0 Å². The number of nitrogens with one attached hydrogen (secondary N) is 1. The summed E-state index contributed by atoms with van der Waals surface area (Å²) in [7, 11) is 0.619. The molecule has 3 rings (SSSR count). The zero-order valence-corrected chi connectivity index (χ0v) is 15.6. The Morgan fingerprint density at radius 2 is 2.00 bits per heavy atom. The number of benzene rings is 1. The molecule has 2 amide bonds. The maximum atomic E-state index is 12.6. The monoisotopic (exact) mass is 378 g/mol. The van der Waals surface area contributed by atoms with Crippen molar-refractivity contribution in [2.75, 3.05) is 35.8 Å². The van der Waals surface area contributed by atoms with Gasteiger partial charge in [0, 0.05) is 26.9 Å². The molecule has 1 unspecified atom stereocenters. The summed E-state index contributed by atoms with van der Waals surface area (Å²) in [5.74, 6) is -0.662. The second kappa shape index (κ2) is 7.06. The number of para-hydroxylation sites is 2. The first-order chi connectivity index (χ1) is 12.3. The summed E-state index contributed by atoms with van der Waals surface area (Å²) in [4.78, 5) is 26.7. The van der Waals surface area contributed by atoms with Gasteiger partial charge in [-0.3, -0.25) is 9.59 Å². The standard InChI is InChI=1S/C17H22N4O4S/c1-20(2)15-6-4-3-5-13(15)18-17(23)14-7-8-16(22)21(19-14)12-9-10-26(24,25)11-12/h3-6,12H,7-11H2,1-2H3,(H,18,23). The van der Waals surface area contributed by atoms with E-state index >= 15 is 0 Å². The van der Waals surface area contributed by atoms with E-state index in [1.165, 1.54) is 5.01 Å². The molecule has 0 spiro atoms. The zero-order valence-electron chi connectivity index (χ0n) is 14.8. The molecule has 2 aliphatic heterocycles. The van der Waals surface area contributed by atoms with Gasteiger partial charge in [-0.2, -0.15) is 5.10 Å². The first-order valence-electron chi connectivity index (χ1n) is 8.44. The predicted octanol–water partition coefficient (Wildman–Crippen LogP) is 0.857. The van der Waals surface area contributed by atoms with E-state index in [1.54, 1.807) is 6.07 Å². The highest BCUT2D eigenvalue weighted by Crippen LogP contribution is 2.25. The summed E-state index contributed by atoms with van der Waals surface area (Å²) in [6.45, 7) is 0. The lowest BCUT2D eigenvalue weighted by Crippen LogP contribution is -2.42. The Morgan fingerprint density at radius 3 is 2.65 bits per heavy atom. The average molecular weight is 378 g/mol. The molecule has 1 atom stereocenters. The third-order valence-corrected chi connectivity index (χ3v) is 6.26. The number of hydrogen-bond acceptors (Lipinski definition) is 6. The van der Waals surface area contributed by atoms with Gasteiger partial charge in [-0.15, -0.1) is 0 Å². The molecular formula is C17H22N4O4S. The molecule has 8 nitrogen and oxygen atoms in total. The lowest BCUT2D eigenvalue weighted by Gasteiger charge is -2.27. The van der Waals surface area contributed by atoms with E-state index in [-0.39, 0.29) is 41.9 Å². The minimum atomic E-state index is -3.14. The number of hydrogen-bond donors (Lipinski definition) is 1. The number of sulfone groups is 1. The predicted molar refractivity (Wildman–Crippen MR) is 100.0 cm³/mol. The van der Waals surface area contributed by atoms with Crippen LogP contribution in [0, 0.1) is 0 Å². The minimum Gasteiger partial charge on any atom is -0.376 e. The van der Waals surface area contributed by atoms with E-state index < -0.39 is 15.9 Å². The van der Waals surface area contributed by atoms with Crippen LogP contribution in [0.25, 0.3) is 0 Å². The number of nitrogens with zero attached hydrogens (tertiary/aromatic N) is 3. The Kier molecular flexibility index (Phi) is 4.99. The van der Waals surface area contributed by atoms with Crippen LogP contribution in [0.1, 0.15) is 19.3 Å². The molecule has 9 heteroatoms. The molecule has 1 saturated heterocycles. The maximum absolute atomic E-state index is 12.6. The second-order valence-corrected chi connectivity index (χ2v) is 8.94. The van der Waals surface area contributed by atoms with Gasteiger partial charge in [-0.25, -0.2) is 13.4 Å². The number of hydrazone groups is 1. The molecule has 1 N–H and O–H groups in total. The van der Waals surface area contributed by atoms with Gasteiger partial charge in [0.05, 0.1) is 28.9 Å². The summed E-state index contributed by atoms with van der Waals surface area (Å²) in [5, 5.41) is 8.22. The van der Waals surface area contributed by atoms with Gasteiger partial charge in [0.2, 0.25) is 5.91 Å². The summed E-state index contributed by atoms with van der Waals surface area (Å²) in [6, 6.07) is 6.90. The fourth-order valence-corrected chi connectivity index (χ4v) is 4.84. The first kappa shape index (κ1) is 18.4. The molecule has 1 fully saturated rings. The van der Waals surface area contributed by atoms with Crippen molar-refractivity contribution in [1.82, 2.24) is 5.01 Å². The first-order valence-corrected chi connectivity index (χ1v) is 10.3. The van der Waals surface area contributed by atoms with Crippen LogP contribution in [0.2, 0.25) is 0 Å². The van der Waals surface area contributed by atoms with Gasteiger partial charge in [-0.05, 0) is 18.6 Å². The molecule has 0 saturated carbocycles. The normalized spacial score (nSPS) is 22.1.